The fourth-order valence-electron chi connectivity index (χ4n) is 3.71. The molecular weight excluding hydrogens is 442 g/mol. The second-order valence-corrected chi connectivity index (χ2v) is 9.45. The largest absolute Gasteiger partial charge is 0.494 e. The van der Waals surface area contributed by atoms with Crippen molar-refractivity contribution < 1.29 is 9.15 Å². The van der Waals surface area contributed by atoms with E-state index >= 15 is 0 Å². The van der Waals surface area contributed by atoms with E-state index in [0.717, 1.165) is 30.0 Å². The lowest BCUT2D eigenvalue weighted by molar-refractivity contribution is 0.281. The molecule has 4 rings (SSSR count). The molecule has 0 fully saturated rings. The maximum absolute atomic E-state index is 5.94. The lowest BCUT2D eigenvalue weighted by Gasteiger charge is -2.17. The lowest BCUT2D eigenvalue weighted by atomic mass is 9.93. The molecule has 0 spiro atoms. The van der Waals surface area contributed by atoms with E-state index in [4.69, 9.17) is 9.15 Å². The number of aromatic nitrogens is 2. The molecule has 0 bridgehead atoms. The highest BCUT2D eigenvalue weighted by Gasteiger charge is 2.15. The first kappa shape index (κ1) is 24.0. The van der Waals surface area contributed by atoms with Crippen LogP contribution in [0.4, 0.5) is 0 Å². The molecule has 5 nitrogen and oxygen atoms in total. The molecule has 34 heavy (non-hydrogen) atoms. The quantitative estimate of drug-likeness (QED) is 0.231. The Hall–Kier alpha value is -3.09. The molecule has 0 N–H and O–H groups in total. The molecule has 6 heteroatoms. The first-order chi connectivity index (χ1) is 16.7. The van der Waals surface area contributed by atoms with Gasteiger partial charge in [-0.05, 0) is 55.9 Å². The second kappa shape index (κ2) is 12.4. The fourth-order valence-corrected chi connectivity index (χ4v) is 4.74. The predicted molar refractivity (Wildman–Crippen MR) is 139 cm³/mol. The zero-order chi connectivity index (χ0) is 23.6. The third-order valence-electron chi connectivity index (χ3n) is 5.50. The molecule has 176 valence electrons. The highest BCUT2D eigenvalue weighted by atomic mass is 32.2. The van der Waals surface area contributed by atoms with Gasteiger partial charge in [-0.15, -0.1) is 10.2 Å². The van der Waals surface area contributed by atoms with Gasteiger partial charge in [0.05, 0.1) is 12.4 Å². The molecule has 0 amide bonds. The highest BCUT2D eigenvalue weighted by molar-refractivity contribution is 7.98. The number of hydrogen-bond acceptors (Lipinski definition) is 6. The van der Waals surface area contributed by atoms with E-state index in [-0.39, 0.29) is 0 Å². The zero-order valence-corrected chi connectivity index (χ0v) is 20.6. The van der Waals surface area contributed by atoms with Gasteiger partial charge < -0.3 is 14.1 Å². The third kappa shape index (κ3) is 6.95. The number of benzene rings is 3. The van der Waals surface area contributed by atoms with Crippen molar-refractivity contribution >= 4 is 11.8 Å². The Labute approximate surface area is 206 Å². The molecule has 0 aliphatic carbocycles. The molecule has 0 saturated carbocycles. The molecule has 0 aliphatic rings. The molecule has 0 radical (unpaired) electrons. The summed E-state index contributed by atoms with van der Waals surface area (Å²) < 4.78 is 11.7. The van der Waals surface area contributed by atoms with Crippen molar-refractivity contribution in [1.82, 2.24) is 15.1 Å². The van der Waals surface area contributed by atoms with Gasteiger partial charge in [-0.1, -0.05) is 60.7 Å². The van der Waals surface area contributed by atoms with Gasteiger partial charge in [0.2, 0.25) is 11.8 Å². The molecule has 4 aromatic rings. The molecular formula is C28H31N3O2S. The van der Waals surface area contributed by atoms with Gasteiger partial charge in [0.15, 0.2) is 0 Å². The summed E-state index contributed by atoms with van der Waals surface area (Å²) in [4.78, 5) is 2.15. The van der Waals surface area contributed by atoms with Gasteiger partial charge in [-0.2, -0.15) is 11.8 Å². The van der Waals surface area contributed by atoms with Crippen LogP contribution >= 0.6 is 11.8 Å². The summed E-state index contributed by atoms with van der Waals surface area (Å²) in [5, 5.41) is 8.51. The van der Waals surface area contributed by atoms with Crippen LogP contribution in [0, 0.1) is 0 Å². The van der Waals surface area contributed by atoms with Gasteiger partial charge in [-0.25, -0.2) is 0 Å². The normalized spacial score (nSPS) is 11.3. The molecule has 1 aromatic heterocycles. The first-order valence-corrected chi connectivity index (χ1v) is 12.7. The number of rotatable bonds is 12. The standard InChI is InChI=1S/C28H31N3O2S/c1-31(2)18-9-19-32-25-16-14-24(15-17-25)28-30-29-27(33-28)21-34-20-26(22-10-5-3-6-11-22)23-12-7-4-8-13-23/h3-8,10-17,26H,9,18-21H2,1-2H3. The molecule has 3 aromatic carbocycles. The Morgan fingerprint density at radius 1 is 0.853 bits per heavy atom. The molecule has 0 atom stereocenters. The van der Waals surface area contributed by atoms with Crippen LogP contribution in [0.2, 0.25) is 0 Å². The Balaban J connectivity index is 1.32. The Kier molecular flexibility index (Phi) is 8.77. The van der Waals surface area contributed by atoms with E-state index in [1.807, 2.05) is 36.0 Å². The van der Waals surface area contributed by atoms with Crippen LogP contribution in [0.25, 0.3) is 11.5 Å². The Morgan fingerprint density at radius 2 is 1.50 bits per heavy atom. The minimum absolute atomic E-state index is 0.320. The topological polar surface area (TPSA) is 51.4 Å². The maximum atomic E-state index is 5.94. The Bertz CT molecular complexity index is 1080. The molecule has 0 saturated heterocycles. The van der Waals surface area contributed by atoms with E-state index in [2.05, 4.69) is 89.9 Å². The van der Waals surface area contributed by atoms with Crippen LogP contribution in [0.3, 0.4) is 0 Å². The van der Waals surface area contributed by atoms with Crippen molar-refractivity contribution in [1.29, 1.82) is 0 Å². The summed E-state index contributed by atoms with van der Waals surface area (Å²) in [6, 6.07) is 29.1. The number of thioether (sulfide) groups is 1. The zero-order valence-electron chi connectivity index (χ0n) is 19.8. The average Bonchev–Trinajstić information content (AvgIpc) is 3.35. The predicted octanol–water partition coefficient (Wildman–Crippen LogP) is 6.13. The summed E-state index contributed by atoms with van der Waals surface area (Å²) in [6.07, 6.45) is 0.995. The lowest BCUT2D eigenvalue weighted by Crippen LogP contribution is -2.15. The number of ether oxygens (including phenoxy) is 1. The van der Waals surface area contributed by atoms with Gasteiger partial charge >= 0.3 is 0 Å². The van der Waals surface area contributed by atoms with E-state index in [1.54, 1.807) is 0 Å². The molecule has 1 heterocycles. The monoisotopic (exact) mass is 473 g/mol. The summed E-state index contributed by atoms with van der Waals surface area (Å²) in [5.41, 5.74) is 3.53. The van der Waals surface area contributed by atoms with Crippen molar-refractivity contribution in [3.05, 3.63) is 102 Å². The minimum Gasteiger partial charge on any atom is -0.494 e. The van der Waals surface area contributed by atoms with Crippen molar-refractivity contribution in [2.75, 3.05) is 33.0 Å². The summed E-state index contributed by atoms with van der Waals surface area (Å²) >= 11 is 1.81. The SMILES string of the molecule is CN(C)CCCOc1ccc(-c2nnc(CSCC(c3ccccc3)c3ccccc3)o2)cc1. The van der Waals surface area contributed by atoms with E-state index in [9.17, 15) is 0 Å². The van der Waals surface area contributed by atoms with Crippen LogP contribution in [-0.4, -0.2) is 48.1 Å². The first-order valence-electron chi connectivity index (χ1n) is 11.6. The van der Waals surface area contributed by atoms with Crippen molar-refractivity contribution in [3.8, 4) is 17.2 Å². The average molecular weight is 474 g/mol. The van der Waals surface area contributed by atoms with Crippen molar-refractivity contribution in [3.63, 3.8) is 0 Å². The Morgan fingerprint density at radius 3 is 2.12 bits per heavy atom. The summed E-state index contributed by atoms with van der Waals surface area (Å²) in [7, 11) is 4.13. The van der Waals surface area contributed by atoms with E-state index in [1.165, 1.54) is 11.1 Å². The maximum Gasteiger partial charge on any atom is 0.247 e. The van der Waals surface area contributed by atoms with Crippen LogP contribution in [0.5, 0.6) is 5.75 Å². The van der Waals surface area contributed by atoms with E-state index < -0.39 is 0 Å². The van der Waals surface area contributed by atoms with Gasteiger partial charge in [-0.3, -0.25) is 0 Å². The van der Waals surface area contributed by atoms with E-state index in [0.29, 0.717) is 30.1 Å². The van der Waals surface area contributed by atoms with Crippen molar-refractivity contribution in [2.45, 2.75) is 18.1 Å². The van der Waals surface area contributed by atoms with Gasteiger partial charge in [0.25, 0.3) is 0 Å². The molecule has 0 unspecified atom stereocenters. The van der Waals surface area contributed by atoms with Crippen LogP contribution in [0.1, 0.15) is 29.4 Å². The fraction of sp³-hybridized carbons (Fsp3) is 0.286. The van der Waals surface area contributed by atoms with Gasteiger partial charge in [0.1, 0.15) is 5.75 Å². The number of nitrogens with zero attached hydrogens (tertiary/aromatic N) is 3. The van der Waals surface area contributed by atoms with Crippen LogP contribution < -0.4 is 4.74 Å². The highest BCUT2D eigenvalue weighted by Crippen LogP contribution is 2.30. The van der Waals surface area contributed by atoms with Crippen LogP contribution in [-0.2, 0) is 5.75 Å². The smallest absolute Gasteiger partial charge is 0.247 e. The number of hydrogen-bond donors (Lipinski definition) is 0. The third-order valence-corrected chi connectivity index (χ3v) is 6.52. The second-order valence-electron chi connectivity index (χ2n) is 8.42. The summed E-state index contributed by atoms with van der Waals surface area (Å²) in [6.45, 7) is 1.71. The summed E-state index contributed by atoms with van der Waals surface area (Å²) in [5.74, 6) is 3.97. The van der Waals surface area contributed by atoms with Gasteiger partial charge in [0, 0.05) is 23.8 Å². The van der Waals surface area contributed by atoms with Crippen molar-refractivity contribution in [2.24, 2.45) is 0 Å². The molecule has 0 aliphatic heterocycles. The van der Waals surface area contributed by atoms with Crippen LogP contribution in [0.15, 0.2) is 89.3 Å². The minimum atomic E-state index is 0.320.